The monoisotopic (exact) mass is 337 g/mol. The molecule has 0 bridgehead atoms. The van der Waals surface area contributed by atoms with Crippen LogP contribution in [-0.2, 0) is 4.79 Å². The van der Waals surface area contributed by atoms with Gasteiger partial charge in [0, 0.05) is 5.56 Å². The van der Waals surface area contributed by atoms with Gasteiger partial charge in [-0.05, 0) is 36.8 Å². The molecule has 0 radical (unpaired) electrons. The highest BCUT2D eigenvalue weighted by atomic mass is 35.5. The number of halogens is 2. The maximum Gasteiger partial charge on any atom is 0.310 e. The Morgan fingerprint density at radius 3 is 2.32 bits per heavy atom. The van der Waals surface area contributed by atoms with Crippen LogP contribution in [0, 0.1) is 0 Å². The number of rotatable bonds is 4. The summed E-state index contributed by atoms with van der Waals surface area (Å²) in [5.74, 6) is -1.89. The number of carboxylic acids is 1. The van der Waals surface area contributed by atoms with E-state index in [9.17, 15) is 9.59 Å². The lowest BCUT2D eigenvalue weighted by atomic mass is 10.00. The second kappa shape index (κ2) is 6.81. The smallest absolute Gasteiger partial charge is 0.310 e. The summed E-state index contributed by atoms with van der Waals surface area (Å²) in [7, 11) is 0. The summed E-state index contributed by atoms with van der Waals surface area (Å²) in [5, 5.41) is 12.2. The van der Waals surface area contributed by atoms with E-state index in [1.807, 2.05) is 0 Å². The van der Waals surface area contributed by atoms with E-state index in [1.165, 1.54) is 0 Å². The first-order chi connectivity index (χ1) is 10.4. The molecule has 2 aromatic carbocycles. The summed E-state index contributed by atoms with van der Waals surface area (Å²) >= 11 is 11.9. The molecule has 0 aliphatic rings. The Kier molecular flexibility index (Phi) is 5.06. The van der Waals surface area contributed by atoms with Crippen molar-refractivity contribution in [3.8, 4) is 0 Å². The second-order valence-corrected chi connectivity index (χ2v) is 5.52. The van der Waals surface area contributed by atoms with Crippen LogP contribution in [0.2, 0.25) is 10.0 Å². The van der Waals surface area contributed by atoms with Crippen molar-refractivity contribution in [1.29, 1.82) is 0 Å². The van der Waals surface area contributed by atoms with Gasteiger partial charge in [-0.15, -0.1) is 0 Å². The molecule has 2 rings (SSSR count). The van der Waals surface area contributed by atoms with Crippen molar-refractivity contribution in [2.75, 3.05) is 5.32 Å². The third kappa shape index (κ3) is 3.59. The second-order valence-electron chi connectivity index (χ2n) is 4.74. The Bertz CT molecular complexity index is 714. The van der Waals surface area contributed by atoms with E-state index >= 15 is 0 Å². The van der Waals surface area contributed by atoms with Crippen LogP contribution >= 0.6 is 23.2 Å². The van der Waals surface area contributed by atoms with Gasteiger partial charge >= 0.3 is 5.97 Å². The van der Waals surface area contributed by atoms with Crippen LogP contribution in [0.5, 0.6) is 0 Å². The molecular formula is C16H13Cl2NO3. The maximum absolute atomic E-state index is 12.2. The fraction of sp³-hybridized carbons (Fsp3) is 0.125. The molecule has 0 saturated heterocycles. The average molecular weight is 338 g/mol. The fourth-order valence-electron chi connectivity index (χ4n) is 1.86. The van der Waals surface area contributed by atoms with Crippen LogP contribution < -0.4 is 5.32 Å². The average Bonchev–Trinajstić information content (AvgIpc) is 2.51. The minimum atomic E-state index is -0.914. The first-order valence-electron chi connectivity index (χ1n) is 6.48. The topological polar surface area (TPSA) is 66.4 Å². The standard InChI is InChI=1S/C16H13Cl2NO3/c1-9(16(21)22)10-5-7-11(8-6-10)15(20)19-13-4-2-3-12(17)14(13)18/h2-9H,1H3,(H,19,20)(H,21,22). The zero-order valence-corrected chi connectivity index (χ0v) is 13.2. The Morgan fingerprint density at radius 2 is 1.73 bits per heavy atom. The van der Waals surface area contributed by atoms with Crippen molar-refractivity contribution in [3.63, 3.8) is 0 Å². The predicted molar refractivity (Wildman–Crippen MR) is 86.9 cm³/mol. The summed E-state index contributed by atoms with van der Waals surface area (Å²) in [6, 6.07) is 11.3. The first-order valence-corrected chi connectivity index (χ1v) is 7.24. The highest BCUT2D eigenvalue weighted by molar-refractivity contribution is 6.44. The number of carbonyl (C=O) groups is 2. The van der Waals surface area contributed by atoms with Gasteiger partial charge in [0.15, 0.2) is 0 Å². The third-order valence-electron chi connectivity index (χ3n) is 3.24. The van der Waals surface area contributed by atoms with E-state index in [2.05, 4.69) is 5.32 Å². The minimum absolute atomic E-state index is 0.272. The van der Waals surface area contributed by atoms with Gasteiger partial charge in [0.25, 0.3) is 5.91 Å². The van der Waals surface area contributed by atoms with Crippen LogP contribution in [0.25, 0.3) is 0 Å². The van der Waals surface area contributed by atoms with Crippen molar-refractivity contribution in [2.45, 2.75) is 12.8 Å². The molecule has 1 amide bonds. The molecule has 22 heavy (non-hydrogen) atoms. The van der Waals surface area contributed by atoms with Crippen molar-refractivity contribution < 1.29 is 14.7 Å². The van der Waals surface area contributed by atoms with Gasteiger partial charge in [0.1, 0.15) is 0 Å². The van der Waals surface area contributed by atoms with Gasteiger partial charge < -0.3 is 10.4 Å². The highest BCUT2D eigenvalue weighted by Crippen LogP contribution is 2.29. The zero-order valence-electron chi connectivity index (χ0n) is 11.6. The number of nitrogens with one attached hydrogen (secondary N) is 1. The maximum atomic E-state index is 12.2. The Hall–Kier alpha value is -2.04. The van der Waals surface area contributed by atoms with Crippen molar-refractivity contribution in [2.24, 2.45) is 0 Å². The Morgan fingerprint density at radius 1 is 1.09 bits per heavy atom. The normalized spacial score (nSPS) is 11.8. The van der Waals surface area contributed by atoms with E-state index < -0.39 is 11.9 Å². The van der Waals surface area contributed by atoms with Crippen molar-refractivity contribution >= 4 is 40.8 Å². The Balaban J connectivity index is 2.16. The first kappa shape index (κ1) is 16.3. The number of carbonyl (C=O) groups excluding carboxylic acids is 1. The van der Waals surface area contributed by atoms with Gasteiger partial charge in [-0.1, -0.05) is 41.4 Å². The fourth-order valence-corrected chi connectivity index (χ4v) is 2.21. The molecule has 0 aliphatic heterocycles. The summed E-state index contributed by atoms with van der Waals surface area (Å²) in [6.45, 7) is 1.59. The van der Waals surface area contributed by atoms with Gasteiger partial charge in [-0.25, -0.2) is 0 Å². The molecule has 0 heterocycles. The summed E-state index contributed by atoms with van der Waals surface area (Å²) in [4.78, 5) is 23.1. The molecule has 2 N–H and O–H groups in total. The van der Waals surface area contributed by atoms with Crippen LogP contribution in [0.4, 0.5) is 5.69 Å². The molecule has 1 unspecified atom stereocenters. The molecule has 0 fully saturated rings. The third-order valence-corrected chi connectivity index (χ3v) is 4.06. The lowest BCUT2D eigenvalue weighted by Gasteiger charge is -2.10. The number of hydrogen-bond acceptors (Lipinski definition) is 2. The molecular weight excluding hydrogens is 325 g/mol. The van der Waals surface area contributed by atoms with Gasteiger partial charge in [-0.2, -0.15) is 0 Å². The van der Waals surface area contributed by atoms with Crippen molar-refractivity contribution in [3.05, 3.63) is 63.6 Å². The molecule has 0 spiro atoms. The quantitative estimate of drug-likeness (QED) is 0.866. The molecule has 114 valence electrons. The Labute approximate surface area is 137 Å². The van der Waals surface area contributed by atoms with Crippen LogP contribution in [0.15, 0.2) is 42.5 Å². The zero-order chi connectivity index (χ0) is 16.3. The van der Waals surface area contributed by atoms with Crippen LogP contribution in [0.3, 0.4) is 0 Å². The van der Waals surface area contributed by atoms with E-state index in [0.29, 0.717) is 21.8 Å². The summed E-state index contributed by atoms with van der Waals surface area (Å²) in [5.41, 5.74) is 1.45. The van der Waals surface area contributed by atoms with Crippen molar-refractivity contribution in [1.82, 2.24) is 0 Å². The van der Waals surface area contributed by atoms with E-state index in [1.54, 1.807) is 49.4 Å². The number of amides is 1. The molecule has 0 aliphatic carbocycles. The number of benzene rings is 2. The lowest BCUT2D eigenvalue weighted by molar-refractivity contribution is -0.138. The number of carboxylic acid groups (broad SMARTS) is 1. The summed E-state index contributed by atoms with van der Waals surface area (Å²) < 4.78 is 0. The molecule has 0 aromatic heterocycles. The lowest BCUT2D eigenvalue weighted by Crippen LogP contribution is -2.13. The van der Waals surface area contributed by atoms with Gasteiger partial charge in [-0.3, -0.25) is 9.59 Å². The van der Waals surface area contributed by atoms with Crippen LogP contribution in [-0.4, -0.2) is 17.0 Å². The molecule has 6 heteroatoms. The SMILES string of the molecule is CC(C(=O)O)c1ccc(C(=O)Nc2cccc(Cl)c2Cl)cc1. The summed E-state index contributed by atoms with van der Waals surface area (Å²) in [6.07, 6.45) is 0. The van der Waals surface area contributed by atoms with E-state index in [4.69, 9.17) is 28.3 Å². The minimum Gasteiger partial charge on any atom is -0.481 e. The number of aliphatic carboxylic acids is 1. The molecule has 4 nitrogen and oxygen atoms in total. The largest absolute Gasteiger partial charge is 0.481 e. The van der Waals surface area contributed by atoms with Gasteiger partial charge in [0.05, 0.1) is 21.7 Å². The highest BCUT2D eigenvalue weighted by Gasteiger charge is 2.15. The van der Waals surface area contributed by atoms with E-state index in [-0.39, 0.29) is 10.9 Å². The molecule has 2 aromatic rings. The molecule has 0 saturated carbocycles. The van der Waals surface area contributed by atoms with Crippen LogP contribution in [0.1, 0.15) is 28.8 Å². The number of hydrogen-bond donors (Lipinski definition) is 2. The predicted octanol–water partition coefficient (Wildman–Crippen LogP) is 4.43. The van der Waals surface area contributed by atoms with E-state index in [0.717, 1.165) is 0 Å². The molecule has 1 atom stereocenters. The number of anilines is 1. The van der Waals surface area contributed by atoms with Gasteiger partial charge in [0.2, 0.25) is 0 Å².